The lowest BCUT2D eigenvalue weighted by Crippen LogP contribution is -2.51. The summed E-state index contributed by atoms with van der Waals surface area (Å²) in [6.07, 6.45) is 0. The number of sulfonamides is 1. The summed E-state index contributed by atoms with van der Waals surface area (Å²) in [6, 6.07) is 13.9. The summed E-state index contributed by atoms with van der Waals surface area (Å²) < 4.78 is 48.3. The highest BCUT2D eigenvalue weighted by Gasteiger charge is 2.33. The van der Waals surface area contributed by atoms with Gasteiger partial charge >= 0.3 is 0 Å². The SMILES string of the molecule is CCNC(=O)[C@@H](C)N(Cc1ccccc1F)C(=O)CN(c1ccc(OC)cc1)S(=O)(=O)c1ccc(C)c([N+](=O)[O-])c1. The molecule has 13 heteroatoms. The van der Waals surface area contributed by atoms with Crippen LogP contribution in [-0.4, -0.2) is 56.3 Å². The van der Waals surface area contributed by atoms with Crippen molar-refractivity contribution in [1.82, 2.24) is 10.2 Å². The van der Waals surface area contributed by atoms with Gasteiger partial charge in [-0.25, -0.2) is 12.8 Å². The van der Waals surface area contributed by atoms with Crippen LogP contribution in [0.1, 0.15) is 25.0 Å². The monoisotopic (exact) mass is 586 g/mol. The highest BCUT2D eigenvalue weighted by molar-refractivity contribution is 7.92. The van der Waals surface area contributed by atoms with Crippen LogP contribution in [0.3, 0.4) is 0 Å². The Morgan fingerprint density at radius 1 is 1.10 bits per heavy atom. The van der Waals surface area contributed by atoms with Gasteiger partial charge in [-0.1, -0.05) is 24.3 Å². The van der Waals surface area contributed by atoms with Crippen molar-refractivity contribution in [3.05, 3.63) is 93.8 Å². The molecule has 218 valence electrons. The zero-order valence-corrected chi connectivity index (χ0v) is 23.9. The molecule has 0 unspecified atom stereocenters. The van der Waals surface area contributed by atoms with Crippen molar-refractivity contribution < 1.29 is 32.1 Å². The van der Waals surface area contributed by atoms with E-state index < -0.39 is 55.7 Å². The molecule has 1 atom stereocenters. The third kappa shape index (κ3) is 7.17. The van der Waals surface area contributed by atoms with E-state index in [-0.39, 0.29) is 29.9 Å². The Balaban J connectivity index is 2.10. The maximum atomic E-state index is 14.6. The van der Waals surface area contributed by atoms with E-state index in [2.05, 4.69) is 5.32 Å². The van der Waals surface area contributed by atoms with E-state index >= 15 is 0 Å². The van der Waals surface area contributed by atoms with E-state index in [9.17, 15) is 32.5 Å². The number of amides is 2. The van der Waals surface area contributed by atoms with Gasteiger partial charge in [0.25, 0.3) is 15.7 Å². The number of ether oxygens (including phenoxy) is 1. The van der Waals surface area contributed by atoms with Crippen molar-refractivity contribution in [2.45, 2.75) is 38.3 Å². The summed E-state index contributed by atoms with van der Waals surface area (Å²) in [6.45, 7) is 3.82. The van der Waals surface area contributed by atoms with Crippen LogP contribution in [-0.2, 0) is 26.2 Å². The summed E-state index contributed by atoms with van der Waals surface area (Å²) in [7, 11) is -3.11. The first-order valence-electron chi connectivity index (χ1n) is 12.6. The summed E-state index contributed by atoms with van der Waals surface area (Å²) in [4.78, 5) is 38.1. The lowest BCUT2D eigenvalue weighted by atomic mass is 10.1. The molecule has 3 rings (SSSR count). The Morgan fingerprint density at radius 3 is 2.34 bits per heavy atom. The molecule has 0 aromatic heterocycles. The maximum absolute atomic E-state index is 14.6. The molecule has 2 amide bonds. The van der Waals surface area contributed by atoms with Crippen molar-refractivity contribution in [2.75, 3.05) is 24.5 Å². The normalized spacial score (nSPS) is 11.8. The zero-order chi connectivity index (χ0) is 30.3. The maximum Gasteiger partial charge on any atom is 0.273 e. The molecule has 11 nitrogen and oxygen atoms in total. The van der Waals surface area contributed by atoms with Gasteiger partial charge in [0, 0.05) is 30.3 Å². The molecule has 0 aliphatic carbocycles. The van der Waals surface area contributed by atoms with Gasteiger partial charge in [-0.15, -0.1) is 0 Å². The second-order valence-corrected chi connectivity index (χ2v) is 11.0. The second-order valence-electron chi connectivity index (χ2n) is 9.10. The Morgan fingerprint density at radius 2 is 1.76 bits per heavy atom. The summed E-state index contributed by atoms with van der Waals surface area (Å²) >= 11 is 0. The Bertz CT molecular complexity index is 1530. The van der Waals surface area contributed by atoms with Crippen LogP contribution < -0.4 is 14.4 Å². The van der Waals surface area contributed by atoms with Crippen molar-refractivity contribution in [1.29, 1.82) is 0 Å². The van der Waals surface area contributed by atoms with Crippen LogP contribution >= 0.6 is 0 Å². The van der Waals surface area contributed by atoms with Crippen LogP contribution in [0.4, 0.5) is 15.8 Å². The molecular formula is C28H31FN4O7S. The Kier molecular flexibility index (Phi) is 10.0. The third-order valence-electron chi connectivity index (χ3n) is 6.42. The van der Waals surface area contributed by atoms with Crippen molar-refractivity contribution in [3.63, 3.8) is 0 Å². The number of rotatable bonds is 12. The fraction of sp³-hybridized carbons (Fsp3) is 0.286. The highest BCUT2D eigenvalue weighted by Crippen LogP contribution is 2.29. The molecule has 0 fully saturated rings. The summed E-state index contributed by atoms with van der Waals surface area (Å²) in [5.74, 6) is -1.48. The largest absolute Gasteiger partial charge is 0.497 e. The number of anilines is 1. The number of nitrogens with one attached hydrogen (secondary N) is 1. The first-order chi connectivity index (χ1) is 19.4. The molecular weight excluding hydrogens is 555 g/mol. The molecule has 0 saturated heterocycles. The molecule has 3 aromatic carbocycles. The average Bonchev–Trinajstić information content (AvgIpc) is 2.95. The van der Waals surface area contributed by atoms with Gasteiger partial charge in [0.2, 0.25) is 11.8 Å². The number of nitrogens with zero attached hydrogens (tertiary/aromatic N) is 3. The molecule has 0 aliphatic rings. The van der Waals surface area contributed by atoms with E-state index in [0.717, 1.165) is 15.3 Å². The van der Waals surface area contributed by atoms with Crippen molar-refractivity contribution in [2.24, 2.45) is 0 Å². The standard InChI is InChI=1S/C28H31FN4O7S/c1-5-30-28(35)20(3)31(17-21-8-6-7-9-25(21)29)27(34)18-32(22-11-13-23(40-4)14-12-22)41(38,39)24-15-10-19(2)26(16-24)33(36)37/h6-16,20H,5,17-18H2,1-4H3,(H,30,35)/t20-/m1/s1. The summed E-state index contributed by atoms with van der Waals surface area (Å²) in [5.41, 5.74) is 0.0508. The van der Waals surface area contributed by atoms with E-state index in [1.807, 2.05) is 0 Å². The molecule has 0 radical (unpaired) electrons. The number of aryl methyl sites for hydroxylation is 1. The van der Waals surface area contributed by atoms with Crippen LogP contribution in [0.15, 0.2) is 71.6 Å². The Labute approximate surface area is 237 Å². The lowest BCUT2D eigenvalue weighted by molar-refractivity contribution is -0.385. The fourth-order valence-corrected chi connectivity index (χ4v) is 5.50. The first-order valence-corrected chi connectivity index (χ1v) is 14.1. The number of hydrogen-bond donors (Lipinski definition) is 1. The van der Waals surface area contributed by atoms with Crippen LogP contribution in [0.25, 0.3) is 0 Å². The number of carbonyl (C=O) groups excluding carboxylic acids is 2. The van der Waals surface area contributed by atoms with E-state index in [0.29, 0.717) is 5.75 Å². The van der Waals surface area contributed by atoms with Gasteiger partial charge in [0.15, 0.2) is 0 Å². The van der Waals surface area contributed by atoms with Crippen molar-refractivity contribution >= 4 is 33.2 Å². The number of nitro groups is 1. The summed E-state index contributed by atoms with van der Waals surface area (Å²) in [5, 5.41) is 14.1. The number of nitro benzene ring substituents is 1. The minimum atomic E-state index is -4.55. The molecule has 0 spiro atoms. The molecule has 1 N–H and O–H groups in total. The van der Waals surface area contributed by atoms with E-state index in [1.165, 1.54) is 75.6 Å². The van der Waals surface area contributed by atoms with Crippen LogP contribution in [0, 0.1) is 22.9 Å². The number of carbonyl (C=O) groups is 2. The molecule has 41 heavy (non-hydrogen) atoms. The smallest absolute Gasteiger partial charge is 0.273 e. The molecule has 3 aromatic rings. The topological polar surface area (TPSA) is 139 Å². The highest BCUT2D eigenvalue weighted by atomic mass is 32.2. The van der Waals surface area contributed by atoms with E-state index in [4.69, 9.17) is 4.74 Å². The fourth-order valence-electron chi connectivity index (χ4n) is 4.07. The predicted molar refractivity (Wildman–Crippen MR) is 150 cm³/mol. The molecule has 0 heterocycles. The van der Waals surface area contributed by atoms with Gasteiger partial charge in [-0.2, -0.15) is 0 Å². The molecule has 0 saturated carbocycles. The van der Waals surface area contributed by atoms with Crippen LogP contribution in [0.5, 0.6) is 5.75 Å². The molecule has 0 bridgehead atoms. The number of benzene rings is 3. The number of methoxy groups -OCH3 is 1. The number of likely N-dealkylation sites (N-methyl/N-ethyl adjacent to an activating group) is 1. The average molecular weight is 587 g/mol. The minimum Gasteiger partial charge on any atom is -0.497 e. The number of halogens is 1. The first kappa shape index (κ1) is 31.0. The van der Waals surface area contributed by atoms with E-state index in [1.54, 1.807) is 13.0 Å². The lowest BCUT2D eigenvalue weighted by Gasteiger charge is -2.32. The van der Waals surface area contributed by atoms with Gasteiger partial charge in [-0.05, 0) is 57.2 Å². The zero-order valence-electron chi connectivity index (χ0n) is 23.0. The van der Waals surface area contributed by atoms with Crippen LogP contribution in [0.2, 0.25) is 0 Å². The van der Waals surface area contributed by atoms with Gasteiger partial charge in [0.05, 0.1) is 22.6 Å². The van der Waals surface area contributed by atoms with Gasteiger partial charge < -0.3 is 15.0 Å². The number of hydrogen-bond acceptors (Lipinski definition) is 7. The predicted octanol–water partition coefficient (Wildman–Crippen LogP) is 3.80. The Hall–Kier alpha value is -4.52. The third-order valence-corrected chi connectivity index (χ3v) is 8.19. The minimum absolute atomic E-state index is 0.0684. The van der Waals surface area contributed by atoms with Gasteiger partial charge in [-0.3, -0.25) is 24.0 Å². The van der Waals surface area contributed by atoms with Gasteiger partial charge in [0.1, 0.15) is 24.2 Å². The van der Waals surface area contributed by atoms with Crippen molar-refractivity contribution in [3.8, 4) is 5.75 Å². The quantitative estimate of drug-likeness (QED) is 0.252. The second kappa shape index (κ2) is 13.2. The molecule has 0 aliphatic heterocycles.